The first-order chi connectivity index (χ1) is 14.9. The van der Waals surface area contributed by atoms with Crippen LogP contribution < -0.4 is 4.74 Å². The van der Waals surface area contributed by atoms with Gasteiger partial charge in [0.1, 0.15) is 5.75 Å². The monoisotopic (exact) mass is 427 g/mol. The Morgan fingerprint density at radius 1 is 1.10 bits per heavy atom. The van der Waals surface area contributed by atoms with Crippen molar-refractivity contribution in [1.29, 1.82) is 0 Å². The molecule has 1 atom stereocenters. The lowest BCUT2D eigenvalue weighted by Gasteiger charge is -2.32. The first-order valence-electron chi connectivity index (χ1n) is 11.3. The van der Waals surface area contributed by atoms with Crippen LogP contribution in [0.3, 0.4) is 0 Å². The number of carbonyl (C=O) groups excluding carboxylic acids is 2. The van der Waals surface area contributed by atoms with Gasteiger partial charge in [-0.05, 0) is 49.6 Å². The molecule has 6 nitrogen and oxygen atoms in total. The van der Waals surface area contributed by atoms with Gasteiger partial charge < -0.3 is 19.1 Å². The first kappa shape index (κ1) is 24.5. The summed E-state index contributed by atoms with van der Waals surface area (Å²) in [5.41, 5.74) is 2.21. The van der Waals surface area contributed by atoms with Crippen LogP contribution in [0.1, 0.15) is 58.2 Å². The maximum atomic E-state index is 13.2. The van der Waals surface area contributed by atoms with Gasteiger partial charge in [0, 0.05) is 37.4 Å². The lowest BCUT2D eigenvalue weighted by Crippen LogP contribution is -2.46. The van der Waals surface area contributed by atoms with Gasteiger partial charge in [0.15, 0.2) is 0 Å². The van der Waals surface area contributed by atoms with E-state index in [9.17, 15) is 9.59 Å². The SMILES string of the molecule is CCCN(CC(=O)N(Cc1cccn1Cc1cccc(OC)c1)C(C)CC)C(=O)CC. The number of aromatic nitrogens is 1. The van der Waals surface area contributed by atoms with Crippen molar-refractivity contribution in [2.75, 3.05) is 20.2 Å². The van der Waals surface area contributed by atoms with E-state index in [2.05, 4.69) is 30.5 Å². The minimum absolute atomic E-state index is 0.00118. The van der Waals surface area contributed by atoms with Crippen LogP contribution in [-0.4, -0.2) is 52.4 Å². The molecule has 0 radical (unpaired) electrons. The largest absolute Gasteiger partial charge is 0.497 e. The van der Waals surface area contributed by atoms with Crippen molar-refractivity contribution in [3.8, 4) is 5.75 Å². The lowest BCUT2D eigenvalue weighted by atomic mass is 10.2. The molecule has 0 aliphatic heterocycles. The summed E-state index contributed by atoms with van der Waals surface area (Å²) in [4.78, 5) is 29.1. The van der Waals surface area contributed by atoms with Crippen LogP contribution >= 0.6 is 0 Å². The summed E-state index contributed by atoms with van der Waals surface area (Å²) in [6.45, 7) is 10.00. The van der Waals surface area contributed by atoms with E-state index in [0.29, 0.717) is 26.1 Å². The number of hydrogen-bond acceptors (Lipinski definition) is 3. The Bertz CT molecular complexity index is 846. The van der Waals surface area contributed by atoms with Crippen molar-refractivity contribution in [1.82, 2.24) is 14.4 Å². The predicted molar refractivity (Wildman–Crippen MR) is 124 cm³/mol. The number of carbonyl (C=O) groups is 2. The molecule has 0 spiro atoms. The first-order valence-corrected chi connectivity index (χ1v) is 11.3. The van der Waals surface area contributed by atoms with E-state index in [0.717, 1.165) is 29.8 Å². The van der Waals surface area contributed by atoms with Gasteiger partial charge in [0.25, 0.3) is 0 Å². The molecular weight excluding hydrogens is 390 g/mol. The molecule has 0 bridgehead atoms. The zero-order chi connectivity index (χ0) is 22.8. The van der Waals surface area contributed by atoms with Gasteiger partial charge in [-0.25, -0.2) is 0 Å². The van der Waals surface area contributed by atoms with Crippen LogP contribution in [0.4, 0.5) is 0 Å². The fourth-order valence-electron chi connectivity index (χ4n) is 3.64. The number of rotatable bonds is 12. The van der Waals surface area contributed by atoms with Crippen molar-refractivity contribution >= 4 is 11.8 Å². The minimum Gasteiger partial charge on any atom is -0.497 e. The Morgan fingerprint density at radius 2 is 1.87 bits per heavy atom. The smallest absolute Gasteiger partial charge is 0.242 e. The molecule has 2 aromatic rings. The van der Waals surface area contributed by atoms with E-state index in [4.69, 9.17) is 4.74 Å². The van der Waals surface area contributed by atoms with Crippen LogP contribution in [0.5, 0.6) is 5.75 Å². The lowest BCUT2D eigenvalue weighted by molar-refractivity contribution is -0.142. The molecule has 0 saturated carbocycles. The normalized spacial score (nSPS) is 11.8. The van der Waals surface area contributed by atoms with Crippen LogP contribution in [0.15, 0.2) is 42.6 Å². The van der Waals surface area contributed by atoms with Crippen LogP contribution in [0.2, 0.25) is 0 Å². The molecule has 2 rings (SSSR count). The average Bonchev–Trinajstić information content (AvgIpc) is 3.22. The zero-order valence-corrected chi connectivity index (χ0v) is 19.6. The predicted octanol–water partition coefficient (Wildman–Crippen LogP) is 4.32. The van der Waals surface area contributed by atoms with Gasteiger partial charge >= 0.3 is 0 Å². The Hall–Kier alpha value is -2.76. The summed E-state index contributed by atoms with van der Waals surface area (Å²) < 4.78 is 7.50. The van der Waals surface area contributed by atoms with Gasteiger partial charge in [-0.2, -0.15) is 0 Å². The molecule has 1 aromatic heterocycles. The van der Waals surface area contributed by atoms with Gasteiger partial charge in [0.05, 0.1) is 20.2 Å². The van der Waals surface area contributed by atoms with E-state index in [1.165, 1.54) is 0 Å². The van der Waals surface area contributed by atoms with E-state index in [1.807, 2.05) is 49.2 Å². The molecule has 1 heterocycles. The molecule has 170 valence electrons. The van der Waals surface area contributed by atoms with E-state index >= 15 is 0 Å². The van der Waals surface area contributed by atoms with Gasteiger partial charge in [-0.15, -0.1) is 0 Å². The fourth-order valence-corrected chi connectivity index (χ4v) is 3.64. The molecule has 1 unspecified atom stereocenters. The Morgan fingerprint density at radius 3 is 2.52 bits per heavy atom. The Balaban J connectivity index is 2.18. The Labute approximate surface area is 186 Å². The standard InChI is InChI=1S/C25H37N3O3/c1-6-14-27(24(29)8-3)19-25(30)28(20(4)7-2)18-22-12-10-15-26(22)17-21-11-9-13-23(16-21)31-5/h9-13,15-16,20H,6-8,14,17-19H2,1-5H3. The third-order valence-corrected chi connectivity index (χ3v) is 5.66. The second-order valence-corrected chi connectivity index (χ2v) is 7.93. The highest BCUT2D eigenvalue weighted by Gasteiger charge is 2.24. The molecule has 0 aliphatic rings. The third kappa shape index (κ3) is 6.88. The second kappa shape index (κ2) is 12.2. The fraction of sp³-hybridized carbons (Fsp3) is 0.520. The number of benzene rings is 1. The number of amides is 2. The van der Waals surface area contributed by atoms with Crippen molar-refractivity contribution in [2.24, 2.45) is 0 Å². The van der Waals surface area contributed by atoms with Crippen molar-refractivity contribution in [2.45, 2.75) is 66.1 Å². The number of hydrogen-bond donors (Lipinski definition) is 0. The van der Waals surface area contributed by atoms with Gasteiger partial charge in [-0.1, -0.05) is 32.9 Å². The van der Waals surface area contributed by atoms with Crippen molar-refractivity contribution in [3.05, 3.63) is 53.9 Å². The Kier molecular flexibility index (Phi) is 9.63. The van der Waals surface area contributed by atoms with Crippen LogP contribution in [0.25, 0.3) is 0 Å². The molecule has 0 aliphatic carbocycles. The van der Waals surface area contributed by atoms with Crippen molar-refractivity contribution < 1.29 is 14.3 Å². The summed E-state index contributed by atoms with van der Waals surface area (Å²) in [6.07, 6.45) is 4.15. The summed E-state index contributed by atoms with van der Waals surface area (Å²) in [7, 11) is 1.67. The van der Waals surface area contributed by atoms with Crippen LogP contribution in [0, 0.1) is 0 Å². The maximum absolute atomic E-state index is 13.2. The summed E-state index contributed by atoms with van der Waals surface area (Å²) >= 11 is 0. The molecular formula is C25H37N3O3. The zero-order valence-electron chi connectivity index (χ0n) is 19.6. The van der Waals surface area contributed by atoms with E-state index in [-0.39, 0.29) is 24.4 Å². The quantitative estimate of drug-likeness (QED) is 0.507. The average molecular weight is 428 g/mol. The number of nitrogens with zero attached hydrogens (tertiary/aromatic N) is 3. The summed E-state index contributed by atoms with van der Waals surface area (Å²) in [6, 6.07) is 12.2. The number of methoxy groups -OCH3 is 1. The molecule has 2 amide bonds. The highest BCUT2D eigenvalue weighted by molar-refractivity contribution is 5.84. The topological polar surface area (TPSA) is 54.8 Å². The maximum Gasteiger partial charge on any atom is 0.242 e. The minimum atomic E-state index is -0.00118. The molecule has 0 N–H and O–H groups in total. The van der Waals surface area contributed by atoms with Gasteiger partial charge in [-0.3, -0.25) is 9.59 Å². The highest BCUT2D eigenvalue weighted by atomic mass is 16.5. The molecule has 0 saturated heterocycles. The summed E-state index contributed by atoms with van der Waals surface area (Å²) in [5.74, 6) is 0.860. The molecule has 31 heavy (non-hydrogen) atoms. The van der Waals surface area contributed by atoms with E-state index in [1.54, 1.807) is 12.0 Å². The number of ether oxygens (including phenoxy) is 1. The van der Waals surface area contributed by atoms with E-state index < -0.39 is 0 Å². The third-order valence-electron chi connectivity index (χ3n) is 5.66. The summed E-state index contributed by atoms with van der Waals surface area (Å²) in [5, 5.41) is 0. The van der Waals surface area contributed by atoms with Crippen LogP contribution in [-0.2, 0) is 22.7 Å². The molecule has 6 heteroatoms. The molecule has 1 aromatic carbocycles. The molecule has 0 fully saturated rings. The van der Waals surface area contributed by atoms with Gasteiger partial charge in [0.2, 0.25) is 11.8 Å². The second-order valence-electron chi connectivity index (χ2n) is 7.93. The van der Waals surface area contributed by atoms with Crippen molar-refractivity contribution in [3.63, 3.8) is 0 Å². The highest BCUT2D eigenvalue weighted by Crippen LogP contribution is 2.17.